The molecule has 0 saturated carbocycles. The van der Waals surface area contributed by atoms with Crippen molar-refractivity contribution < 1.29 is 0 Å². The molecule has 0 aliphatic rings. The van der Waals surface area contributed by atoms with E-state index in [1.165, 1.54) is 22.3 Å². The topological polar surface area (TPSA) is 31.6 Å². The number of benzene rings is 2. The molecule has 2 N–H and O–H groups in total. The fraction of sp³-hybridized carbons (Fsp3) is 0.154. The SMILES string of the molecule is Cc1ccc(C(C#CC(c2ccc(C)cc2)c2ccc[nH]2)c2ccc[nH]2)cc1. The lowest BCUT2D eigenvalue weighted by Crippen LogP contribution is -2.02. The average Bonchev–Trinajstić information content (AvgIpc) is 3.42. The van der Waals surface area contributed by atoms with Crippen LogP contribution in [0.2, 0.25) is 0 Å². The highest BCUT2D eigenvalue weighted by Crippen LogP contribution is 2.26. The lowest BCUT2D eigenvalue weighted by Gasteiger charge is -2.13. The Morgan fingerprint density at radius 3 is 1.29 bits per heavy atom. The molecule has 0 radical (unpaired) electrons. The van der Waals surface area contributed by atoms with E-state index in [2.05, 4.69) is 96.3 Å². The van der Waals surface area contributed by atoms with E-state index in [1.807, 2.05) is 24.5 Å². The fourth-order valence-corrected chi connectivity index (χ4v) is 3.41. The second-order valence-electron chi connectivity index (χ2n) is 7.23. The molecule has 0 saturated heterocycles. The van der Waals surface area contributed by atoms with Crippen molar-refractivity contribution in [2.24, 2.45) is 0 Å². The smallest absolute Gasteiger partial charge is 0.0852 e. The predicted octanol–water partition coefficient (Wildman–Crippen LogP) is 5.93. The van der Waals surface area contributed by atoms with Crippen LogP contribution in [0.4, 0.5) is 0 Å². The first-order chi connectivity index (χ1) is 13.7. The maximum absolute atomic E-state index is 3.56. The van der Waals surface area contributed by atoms with Crippen LogP contribution in [0, 0.1) is 25.7 Å². The molecular weight excluding hydrogens is 340 g/mol. The third-order valence-corrected chi connectivity index (χ3v) is 5.06. The zero-order chi connectivity index (χ0) is 19.3. The van der Waals surface area contributed by atoms with Gasteiger partial charge in [0.1, 0.15) is 0 Å². The van der Waals surface area contributed by atoms with Crippen molar-refractivity contribution in [2.75, 3.05) is 0 Å². The fourth-order valence-electron chi connectivity index (χ4n) is 3.41. The van der Waals surface area contributed by atoms with Gasteiger partial charge in [0, 0.05) is 23.8 Å². The number of hydrogen-bond acceptors (Lipinski definition) is 0. The molecule has 0 amide bonds. The van der Waals surface area contributed by atoms with Crippen LogP contribution in [-0.2, 0) is 0 Å². The van der Waals surface area contributed by atoms with Crippen molar-refractivity contribution in [1.29, 1.82) is 0 Å². The van der Waals surface area contributed by atoms with E-state index < -0.39 is 0 Å². The maximum Gasteiger partial charge on any atom is 0.0852 e. The Labute approximate surface area is 166 Å². The third kappa shape index (κ3) is 3.94. The number of hydrogen-bond donors (Lipinski definition) is 2. The Balaban J connectivity index is 1.76. The van der Waals surface area contributed by atoms with Crippen LogP contribution in [0.5, 0.6) is 0 Å². The molecule has 0 bridgehead atoms. The summed E-state index contributed by atoms with van der Waals surface area (Å²) in [4.78, 5) is 6.69. The van der Waals surface area contributed by atoms with Gasteiger partial charge in [-0.1, -0.05) is 71.5 Å². The van der Waals surface area contributed by atoms with Crippen molar-refractivity contribution in [1.82, 2.24) is 9.97 Å². The summed E-state index contributed by atoms with van der Waals surface area (Å²) in [5.74, 6) is 7.14. The van der Waals surface area contributed by atoms with Gasteiger partial charge in [-0.05, 0) is 49.2 Å². The van der Waals surface area contributed by atoms with E-state index in [4.69, 9.17) is 0 Å². The van der Waals surface area contributed by atoms with E-state index in [-0.39, 0.29) is 11.8 Å². The molecule has 2 atom stereocenters. The minimum atomic E-state index is 0.0125. The van der Waals surface area contributed by atoms with Crippen molar-refractivity contribution in [3.05, 3.63) is 119 Å². The Hall–Kier alpha value is -3.44. The van der Waals surface area contributed by atoms with E-state index >= 15 is 0 Å². The Morgan fingerprint density at radius 1 is 0.571 bits per heavy atom. The van der Waals surface area contributed by atoms with E-state index in [0.29, 0.717) is 0 Å². The van der Waals surface area contributed by atoms with Gasteiger partial charge in [0.25, 0.3) is 0 Å². The highest BCUT2D eigenvalue weighted by Gasteiger charge is 2.15. The summed E-state index contributed by atoms with van der Waals surface area (Å²) < 4.78 is 0. The molecule has 28 heavy (non-hydrogen) atoms. The van der Waals surface area contributed by atoms with Gasteiger partial charge in [-0.25, -0.2) is 0 Å². The molecule has 2 heteroatoms. The molecule has 0 spiro atoms. The number of aromatic nitrogens is 2. The van der Waals surface area contributed by atoms with E-state index in [0.717, 1.165) is 11.4 Å². The lowest BCUT2D eigenvalue weighted by atomic mass is 9.91. The maximum atomic E-state index is 3.56. The minimum absolute atomic E-state index is 0.0125. The molecule has 2 unspecified atom stereocenters. The molecule has 0 fully saturated rings. The molecular formula is C26H24N2. The minimum Gasteiger partial charge on any atom is -0.364 e. The molecule has 2 aromatic heterocycles. The first kappa shape index (κ1) is 17.9. The zero-order valence-corrected chi connectivity index (χ0v) is 16.2. The summed E-state index contributed by atoms with van der Waals surface area (Å²) in [7, 11) is 0. The Bertz CT molecular complexity index is 971. The number of nitrogens with one attached hydrogen (secondary N) is 2. The summed E-state index contributed by atoms with van der Waals surface area (Å²) in [5, 5.41) is 0. The van der Waals surface area contributed by atoms with Gasteiger partial charge in [-0.2, -0.15) is 0 Å². The van der Waals surface area contributed by atoms with Crippen molar-refractivity contribution >= 4 is 0 Å². The highest BCUT2D eigenvalue weighted by atomic mass is 14.7. The van der Waals surface area contributed by atoms with Gasteiger partial charge < -0.3 is 9.97 Å². The summed E-state index contributed by atoms with van der Waals surface area (Å²) >= 11 is 0. The molecule has 2 nitrogen and oxygen atoms in total. The first-order valence-corrected chi connectivity index (χ1v) is 9.61. The zero-order valence-electron chi connectivity index (χ0n) is 16.2. The lowest BCUT2D eigenvalue weighted by molar-refractivity contribution is 0.974. The largest absolute Gasteiger partial charge is 0.364 e. The number of aromatic amines is 2. The molecule has 2 aromatic carbocycles. The van der Waals surface area contributed by atoms with Gasteiger partial charge in [-0.3, -0.25) is 0 Å². The van der Waals surface area contributed by atoms with E-state index in [9.17, 15) is 0 Å². The second kappa shape index (κ2) is 8.06. The van der Waals surface area contributed by atoms with Crippen molar-refractivity contribution in [2.45, 2.75) is 25.7 Å². The predicted molar refractivity (Wildman–Crippen MR) is 115 cm³/mol. The number of aryl methyl sites for hydroxylation is 2. The number of rotatable bonds is 4. The van der Waals surface area contributed by atoms with Crippen LogP contribution in [-0.4, -0.2) is 9.97 Å². The average molecular weight is 364 g/mol. The van der Waals surface area contributed by atoms with Crippen LogP contribution < -0.4 is 0 Å². The van der Waals surface area contributed by atoms with Crippen LogP contribution in [0.25, 0.3) is 0 Å². The molecule has 0 aliphatic heterocycles. The summed E-state index contributed by atoms with van der Waals surface area (Å²) in [5.41, 5.74) is 7.15. The van der Waals surface area contributed by atoms with Gasteiger partial charge >= 0.3 is 0 Å². The molecule has 2 heterocycles. The molecule has 138 valence electrons. The van der Waals surface area contributed by atoms with Crippen molar-refractivity contribution in [3.8, 4) is 11.8 Å². The highest BCUT2D eigenvalue weighted by molar-refractivity contribution is 5.43. The quantitative estimate of drug-likeness (QED) is 0.421. The van der Waals surface area contributed by atoms with Crippen LogP contribution in [0.3, 0.4) is 0 Å². The summed E-state index contributed by atoms with van der Waals surface area (Å²) in [6.45, 7) is 4.22. The van der Waals surface area contributed by atoms with E-state index in [1.54, 1.807) is 0 Å². The van der Waals surface area contributed by atoms with Gasteiger partial charge in [0.15, 0.2) is 0 Å². The monoisotopic (exact) mass is 364 g/mol. The normalized spacial score (nSPS) is 12.8. The van der Waals surface area contributed by atoms with Gasteiger partial charge in [-0.15, -0.1) is 0 Å². The molecule has 0 aliphatic carbocycles. The second-order valence-corrected chi connectivity index (χ2v) is 7.23. The standard InChI is InChI=1S/C26H24N2/c1-19-7-11-21(12-8-19)23(25-5-3-17-27-25)15-16-24(26-6-4-18-28-26)22-13-9-20(2)10-14-22/h3-14,17-18,23-24,27-28H,1-2H3. The molecule has 4 aromatic rings. The summed E-state index contributed by atoms with van der Waals surface area (Å²) in [6.07, 6.45) is 3.92. The van der Waals surface area contributed by atoms with Crippen LogP contribution >= 0.6 is 0 Å². The number of H-pyrrole nitrogens is 2. The van der Waals surface area contributed by atoms with Gasteiger partial charge in [0.2, 0.25) is 0 Å². The Kier molecular flexibility index (Phi) is 5.17. The molecule has 4 rings (SSSR count). The summed E-state index contributed by atoms with van der Waals surface area (Å²) in [6, 6.07) is 25.5. The Morgan fingerprint density at radius 2 is 0.964 bits per heavy atom. The van der Waals surface area contributed by atoms with Crippen LogP contribution in [0.15, 0.2) is 85.2 Å². The van der Waals surface area contributed by atoms with Gasteiger partial charge in [0.05, 0.1) is 11.8 Å². The van der Waals surface area contributed by atoms with Crippen molar-refractivity contribution in [3.63, 3.8) is 0 Å². The third-order valence-electron chi connectivity index (χ3n) is 5.06. The first-order valence-electron chi connectivity index (χ1n) is 9.61. The van der Waals surface area contributed by atoms with Crippen LogP contribution in [0.1, 0.15) is 45.5 Å².